The van der Waals surface area contributed by atoms with Gasteiger partial charge in [0.1, 0.15) is 0 Å². The third-order valence-corrected chi connectivity index (χ3v) is 5.84. The molecule has 0 aromatic heterocycles. The van der Waals surface area contributed by atoms with Crippen LogP contribution >= 0.6 is 23.2 Å². The summed E-state index contributed by atoms with van der Waals surface area (Å²) in [6.07, 6.45) is 1.45. The van der Waals surface area contributed by atoms with E-state index in [2.05, 4.69) is 0 Å². The largest absolute Gasteiger partial charge is 0.395 e. The van der Waals surface area contributed by atoms with Crippen molar-refractivity contribution in [3.05, 3.63) is 33.8 Å². The molecule has 0 spiro atoms. The van der Waals surface area contributed by atoms with Crippen LogP contribution in [0.2, 0.25) is 10.0 Å². The van der Waals surface area contributed by atoms with Gasteiger partial charge in [-0.25, -0.2) is 8.42 Å². The second-order valence-electron chi connectivity index (χ2n) is 4.55. The SMILES string of the molecule is O=S(=O)(Cc1c(Cl)cccc1Cl)N1CCC[C@@H]1CO. The van der Waals surface area contributed by atoms with E-state index < -0.39 is 10.0 Å². The Kier molecular flexibility index (Phi) is 4.74. The minimum absolute atomic E-state index is 0.157. The fourth-order valence-corrected chi connectivity index (χ4v) is 4.86. The predicted octanol–water partition coefficient (Wildman–Crippen LogP) is 2.28. The zero-order valence-corrected chi connectivity index (χ0v) is 12.5. The number of rotatable bonds is 4. The van der Waals surface area contributed by atoms with Crippen LogP contribution in [0.4, 0.5) is 0 Å². The Morgan fingerprint density at radius 1 is 1.32 bits per heavy atom. The Hall–Kier alpha value is -0.330. The van der Waals surface area contributed by atoms with E-state index in [0.29, 0.717) is 28.6 Å². The molecule has 19 heavy (non-hydrogen) atoms. The summed E-state index contributed by atoms with van der Waals surface area (Å²) in [5, 5.41) is 9.90. The molecule has 0 amide bonds. The molecular weight excluding hydrogens is 309 g/mol. The van der Waals surface area contributed by atoms with Gasteiger partial charge < -0.3 is 5.11 Å². The highest BCUT2D eigenvalue weighted by Crippen LogP contribution is 2.29. The summed E-state index contributed by atoms with van der Waals surface area (Å²) in [6.45, 7) is 0.283. The van der Waals surface area contributed by atoms with Gasteiger partial charge in [-0.2, -0.15) is 4.31 Å². The molecule has 1 atom stereocenters. The number of halogens is 2. The molecule has 1 fully saturated rings. The lowest BCUT2D eigenvalue weighted by Crippen LogP contribution is -2.38. The van der Waals surface area contributed by atoms with Gasteiger partial charge in [0.05, 0.1) is 12.4 Å². The molecule has 0 aliphatic carbocycles. The van der Waals surface area contributed by atoms with E-state index in [0.717, 1.165) is 6.42 Å². The van der Waals surface area contributed by atoms with E-state index in [1.165, 1.54) is 4.31 Å². The summed E-state index contributed by atoms with van der Waals surface area (Å²) in [5.41, 5.74) is 0.412. The van der Waals surface area contributed by atoms with Gasteiger partial charge >= 0.3 is 0 Å². The number of sulfonamides is 1. The van der Waals surface area contributed by atoms with Crippen molar-refractivity contribution in [3.8, 4) is 0 Å². The molecule has 1 aliphatic rings. The van der Waals surface area contributed by atoms with Gasteiger partial charge in [0, 0.05) is 28.2 Å². The molecule has 1 saturated heterocycles. The van der Waals surface area contributed by atoms with Crippen LogP contribution in [0.25, 0.3) is 0 Å². The third-order valence-electron chi connectivity index (χ3n) is 3.28. The van der Waals surface area contributed by atoms with Crippen LogP contribution < -0.4 is 0 Å². The lowest BCUT2D eigenvalue weighted by Gasteiger charge is -2.22. The van der Waals surface area contributed by atoms with Crippen LogP contribution in [-0.2, 0) is 15.8 Å². The summed E-state index contributed by atoms with van der Waals surface area (Å²) in [7, 11) is -3.51. The van der Waals surface area contributed by atoms with Gasteiger partial charge in [0.2, 0.25) is 10.0 Å². The number of aliphatic hydroxyl groups excluding tert-OH is 1. The van der Waals surface area contributed by atoms with Crippen LogP contribution in [0.15, 0.2) is 18.2 Å². The number of nitrogens with zero attached hydrogens (tertiary/aromatic N) is 1. The normalized spacial score (nSPS) is 20.9. The molecule has 1 aromatic carbocycles. The van der Waals surface area contributed by atoms with Gasteiger partial charge in [-0.05, 0) is 25.0 Å². The highest BCUT2D eigenvalue weighted by molar-refractivity contribution is 7.88. The first kappa shape index (κ1) is 15.1. The van der Waals surface area contributed by atoms with E-state index in [1.54, 1.807) is 18.2 Å². The molecule has 0 saturated carbocycles. The molecule has 2 rings (SSSR count). The first-order chi connectivity index (χ1) is 8.95. The average Bonchev–Trinajstić information content (AvgIpc) is 2.83. The van der Waals surface area contributed by atoms with E-state index in [4.69, 9.17) is 23.2 Å². The molecular formula is C12H15Cl2NO3S. The zero-order valence-electron chi connectivity index (χ0n) is 10.2. The van der Waals surface area contributed by atoms with Crippen LogP contribution in [0.5, 0.6) is 0 Å². The van der Waals surface area contributed by atoms with Crippen molar-refractivity contribution in [2.45, 2.75) is 24.6 Å². The first-order valence-corrected chi connectivity index (χ1v) is 8.35. The second kappa shape index (κ2) is 5.97. The maximum Gasteiger partial charge on any atom is 0.218 e. The van der Waals surface area contributed by atoms with Crippen molar-refractivity contribution in [2.75, 3.05) is 13.2 Å². The molecule has 1 aromatic rings. The average molecular weight is 324 g/mol. The summed E-state index contributed by atoms with van der Waals surface area (Å²) in [5.74, 6) is -0.234. The molecule has 1 N–H and O–H groups in total. The fourth-order valence-electron chi connectivity index (χ4n) is 2.29. The van der Waals surface area contributed by atoms with Gasteiger partial charge in [0.25, 0.3) is 0 Å². The number of aliphatic hydroxyl groups is 1. The molecule has 0 bridgehead atoms. The van der Waals surface area contributed by atoms with Gasteiger partial charge in [-0.3, -0.25) is 0 Å². The van der Waals surface area contributed by atoms with Gasteiger partial charge in [-0.15, -0.1) is 0 Å². The van der Waals surface area contributed by atoms with Crippen molar-refractivity contribution in [2.24, 2.45) is 0 Å². The number of hydrogen-bond donors (Lipinski definition) is 1. The van der Waals surface area contributed by atoms with Crippen molar-refractivity contribution in [3.63, 3.8) is 0 Å². The quantitative estimate of drug-likeness (QED) is 0.924. The summed E-state index contributed by atoms with van der Waals surface area (Å²) >= 11 is 12.0. The Morgan fingerprint density at radius 3 is 2.53 bits per heavy atom. The third kappa shape index (κ3) is 3.23. The second-order valence-corrected chi connectivity index (χ2v) is 7.28. The van der Waals surface area contributed by atoms with Crippen molar-refractivity contribution in [1.29, 1.82) is 0 Å². The molecule has 0 radical (unpaired) electrons. The monoisotopic (exact) mass is 323 g/mol. The number of hydrogen-bond acceptors (Lipinski definition) is 3. The molecule has 4 nitrogen and oxygen atoms in total. The minimum atomic E-state index is -3.51. The highest BCUT2D eigenvalue weighted by atomic mass is 35.5. The molecule has 1 aliphatic heterocycles. The van der Waals surface area contributed by atoms with Crippen LogP contribution in [0.3, 0.4) is 0 Å². The predicted molar refractivity (Wildman–Crippen MR) is 75.9 cm³/mol. The molecule has 106 valence electrons. The maximum atomic E-state index is 12.4. The highest BCUT2D eigenvalue weighted by Gasteiger charge is 2.34. The summed E-state index contributed by atoms with van der Waals surface area (Å²) in [6, 6.07) is 4.58. The topological polar surface area (TPSA) is 57.6 Å². The fraction of sp³-hybridized carbons (Fsp3) is 0.500. The van der Waals surface area contributed by atoms with E-state index in [-0.39, 0.29) is 18.4 Å². The Bertz CT molecular complexity index is 542. The summed E-state index contributed by atoms with van der Waals surface area (Å²) < 4.78 is 26.1. The van der Waals surface area contributed by atoms with E-state index in [9.17, 15) is 13.5 Å². The van der Waals surface area contributed by atoms with Gasteiger partial charge in [-0.1, -0.05) is 29.3 Å². The van der Waals surface area contributed by atoms with Crippen LogP contribution in [0.1, 0.15) is 18.4 Å². The van der Waals surface area contributed by atoms with E-state index in [1.807, 2.05) is 0 Å². The molecule has 0 unspecified atom stereocenters. The lowest BCUT2D eigenvalue weighted by molar-refractivity contribution is 0.213. The van der Waals surface area contributed by atoms with Crippen LogP contribution in [0, 0.1) is 0 Å². The smallest absolute Gasteiger partial charge is 0.218 e. The van der Waals surface area contributed by atoms with Gasteiger partial charge in [0.15, 0.2) is 0 Å². The first-order valence-electron chi connectivity index (χ1n) is 5.99. The zero-order chi connectivity index (χ0) is 14.0. The number of benzene rings is 1. The maximum absolute atomic E-state index is 12.4. The van der Waals surface area contributed by atoms with Crippen molar-refractivity contribution in [1.82, 2.24) is 4.31 Å². The van der Waals surface area contributed by atoms with Crippen molar-refractivity contribution < 1.29 is 13.5 Å². The lowest BCUT2D eigenvalue weighted by atomic mass is 10.2. The van der Waals surface area contributed by atoms with Crippen molar-refractivity contribution >= 4 is 33.2 Å². The van der Waals surface area contributed by atoms with E-state index >= 15 is 0 Å². The standard InChI is InChI=1S/C12H15Cl2NO3S/c13-11-4-1-5-12(14)10(11)8-19(17,18)15-6-2-3-9(15)7-16/h1,4-5,9,16H,2-3,6-8H2/t9-/m1/s1. The molecule has 1 heterocycles. The minimum Gasteiger partial charge on any atom is -0.395 e. The Balaban J connectivity index is 2.27. The Labute approximate surface area is 123 Å². The Morgan fingerprint density at radius 2 is 1.95 bits per heavy atom. The van der Waals surface area contributed by atoms with Crippen LogP contribution in [-0.4, -0.2) is 37.0 Å². The molecule has 7 heteroatoms. The summed E-state index contributed by atoms with van der Waals surface area (Å²) in [4.78, 5) is 0.